The third kappa shape index (κ3) is 3.91. The topological polar surface area (TPSA) is 68.7 Å². The van der Waals surface area contributed by atoms with Crippen LogP contribution in [-0.4, -0.2) is 29.3 Å². The molecule has 0 saturated heterocycles. The van der Waals surface area contributed by atoms with Crippen LogP contribution in [0.15, 0.2) is 36.4 Å². The number of aromatic nitrogens is 1. The van der Waals surface area contributed by atoms with Gasteiger partial charge < -0.3 is 14.6 Å². The Balaban J connectivity index is 1.78. The molecule has 1 N–H and O–H groups in total. The van der Waals surface area contributed by atoms with Crippen molar-refractivity contribution in [1.29, 1.82) is 0 Å². The first-order valence-corrected chi connectivity index (χ1v) is 9.67. The molecule has 1 aliphatic heterocycles. The summed E-state index contributed by atoms with van der Waals surface area (Å²) in [7, 11) is 0. The van der Waals surface area contributed by atoms with Crippen molar-refractivity contribution in [2.45, 2.75) is 12.8 Å². The van der Waals surface area contributed by atoms with E-state index in [0.29, 0.717) is 40.3 Å². The molecule has 138 valence electrons. The Morgan fingerprint density at radius 2 is 2.07 bits per heavy atom. The minimum absolute atomic E-state index is 0.133. The number of hydrogen-bond acceptors (Lipinski definition) is 5. The number of aliphatic carboxylic acids is 1. The number of carbonyl (C=O) groups is 1. The molecule has 2 heterocycles. The highest BCUT2D eigenvalue weighted by Gasteiger charge is 2.17. The van der Waals surface area contributed by atoms with Gasteiger partial charge in [0.05, 0.1) is 34.9 Å². The van der Waals surface area contributed by atoms with Crippen molar-refractivity contribution in [3.8, 4) is 11.5 Å². The molecule has 7 heteroatoms. The number of ether oxygens (including phenoxy) is 2. The Morgan fingerprint density at radius 1 is 1.26 bits per heavy atom. The van der Waals surface area contributed by atoms with Crippen LogP contribution >= 0.6 is 22.9 Å². The highest BCUT2D eigenvalue weighted by atomic mass is 35.5. The number of hydrogen-bond donors (Lipinski definition) is 1. The van der Waals surface area contributed by atoms with Crippen molar-refractivity contribution in [2.75, 3.05) is 13.2 Å². The molecule has 4 rings (SSSR count). The molecule has 1 aromatic heterocycles. The Hall–Kier alpha value is -2.57. The summed E-state index contributed by atoms with van der Waals surface area (Å²) in [6, 6.07) is 11.3. The van der Waals surface area contributed by atoms with E-state index in [1.807, 2.05) is 30.3 Å². The molecule has 3 aromatic rings. The Morgan fingerprint density at radius 3 is 2.89 bits per heavy atom. The molecule has 0 aliphatic carbocycles. The van der Waals surface area contributed by atoms with Gasteiger partial charge >= 0.3 is 5.97 Å². The van der Waals surface area contributed by atoms with Gasteiger partial charge in [-0.15, -0.1) is 11.3 Å². The highest BCUT2D eigenvalue weighted by molar-refractivity contribution is 7.19. The Labute approximate surface area is 164 Å². The number of carboxylic acid groups (broad SMARTS) is 1. The van der Waals surface area contributed by atoms with Gasteiger partial charge in [-0.25, -0.2) is 4.98 Å². The highest BCUT2D eigenvalue weighted by Crippen LogP contribution is 2.39. The molecule has 5 nitrogen and oxygen atoms in total. The normalized spacial score (nSPS) is 14.2. The molecule has 0 fully saturated rings. The van der Waals surface area contributed by atoms with Crippen LogP contribution in [0.1, 0.15) is 23.4 Å². The molecule has 0 radical (unpaired) electrons. The van der Waals surface area contributed by atoms with Crippen LogP contribution in [0.4, 0.5) is 0 Å². The van der Waals surface area contributed by atoms with Gasteiger partial charge in [-0.05, 0) is 41.5 Å². The number of thiazole rings is 1. The van der Waals surface area contributed by atoms with Gasteiger partial charge in [0.1, 0.15) is 5.01 Å². The summed E-state index contributed by atoms with van der Waals surface area (Å²) < 4.78 is 12.4. The Kier molecular flexibility index (Phi) is 5.01. The smallest absolute Gasteiger partial charge is 0.307 e. The number of benzene rings is 2. The number of carboxylic acids is 1. The number of nitrogens with zero attached hydrogens (tertiary/aromatic N) is 1. The first kappa shape index (κ1) is 17.8. The second kappa shape index (κ2) is 7.58. The lowest BCUT2D eigenvalue weighted by atomic mass is 10.1. The summed E-state index contributed by atoms with van der Waals surface area (Å²) in [5.74, 6) is 0.192. The van der Waals surface area contributed by atoms with E-state index in [0.717, 1.165) is 22.2 Å². The van der Waals surface area contributed by atoms with E-state index in [-0.39, 0.29) is 6.42 Å². The van der Waals surface area contributed by atoms with Gasteiger partial charge in [0.2, 0.25) is 0 Å². The fourth-order valence-electron chi connectivity index (χ4n) is 2.90. The quantitative estimate of drug-likeness (QED) is 0.656. The molecule has 0 atom stereocenters. The average molecular weight is 402 g/mol. The van der Waals surface area contributed by atoms with E-state index in [2.05, 4.69) is 4.98 Å². The zero-order valence-corrected chi connectivity index (χ0v) is 15.8. The van der Waals surface area contributed by atoms with Crippen LogP contribution in [0.3, 0.4) is 0 Å². The van der Waals surface area contributed by atoms with E-state index >= 15 is 0 Å². The second-order valence-corrected chi connectivity index (χ2v) is 7.55. The first-order valence-electron chi connectivity index (χ1n) is 8.47. The van der Waals surface area contributed by atoms with Gasteiger partial charge in [0.15, 0.2) is 11.5 Å². The van der Waals surface area contributed by atoms with Crippen molar-refractivity contribution >= 4 is 50.8 Å². The lowest BCUT2D eigenvalue weighted by molar-refractivity contribution is -0.135. The van der Waals surface area contributed by atoms with Crippen molar-refractivity contribution in [3.63, 3.8) is 0 Å². The molecule has 0 saturated carbocycles. The fraction of sp³-hybridized carbons (Fsp3) is 0.200. The lowest BCUT2D eigenvalue weighted by Crippen LogP contribution is -1.97. The maximum Gasteiger partial charge on any atom is 0.307 e. The predicted molar refractivity (Wildman–Crippen MR) is 107 cm³/mol. The van der Waals surface area contributed by atoms with Crippen LogP contribution in [-0.2, 0) is 4.79 Å². The van der Waals surface area contributed by atoms with Crippen LogP contribution in [0.2, 0.25) is 5.02 Å². The molecule has 0 unspecified atom stereocenters. The maximum atomic E-state index is 11.4. The third-order valence-corrected chi connectivity index (χ3v) is 5.47. The molecular weight excluding hydrogens is 386 g/mol. The van der Waals surface area contributed by atoms with Gasteiger partial charge in [0.25, 0.3) is 0 Å². The van der Waals surface area contributed by atoms with Crippen LogP contribution < -0.4 is 9.47 Å². The standard InChI is InChI=1S/C20H16ClNO4S/c21-14-9-12(10-16-19(14)26-7-3-6-25-16)8-13(11-18(23)24)20-22-15-4-1-2-5-17(15)27-20/h1-2,4-5,8-10H,3,6-7,11H2,(H,23,24)/b13-8-. The van der Waals surface area contributed by atoms with E-state index in [1.165, 1.54) is 11.3 Å². The summed E-state index contributed by atoms with van der Waals surface area (Å²) in [4.78, 5) is 16.0. The van der Waals surface area contributed by atoms with E-state index in [1.54, 1.807) is 12.1 Å². The predicted octanol–water partition coefficient (Wildman–Crippen LogP) is 5.13. The SMILES string of the molecule is O=C(O)C/C(=C/c1cc(Cl)c2c(c1)OCCCO2)c1nc2ccccc2s1. The molecule has 1 aliphatic rings. The third-order valence-electron chi connectivity index (χ3n) is 4.08. The number of fused-ring (bicyclic) bond motifs is 2. The molecular formula is C20H16ClNO4S. The minimum Gasteiger partial charge on any atom is -0.489 e. The number of halogens is 1. The molecule has 2 aromatic carbocycles. The van der Waals surface area contributed by atoms with Crippen LogP contribution in [0, 0.1) is 0 Å². The van der Waals surface area contributed by atoms with Crippen molar-refractivity contribution in [3.05, 3.63) is 52.0 Å². The van der Waals surface area contributed by atoms with E-state index < -0.39 is 5.97 Å². The molecule has 27 heavy (non-hydrogen) atoms. The largest absolute Gasteiger partial charge is 0.489 e. The van der Waals surface area contributed by atoms with Gasteiger partial charge in [-0.1, -0.05) is 23.7 Å². The monoisotopic (exact) mass is 401 g/mol. The van der Waals surface area contributed by atoms with Crippen LogP contribution in [0.25, 0.3) is 21.9 Å². The maximum absolute atomic E-state index is 11.4. The Bertz CT molecular complexity index is 1010. The summed E-state index contributed by atoms with van der Waals surface area (Å²) in [6.45, 7) is 1.11. The zero-order valence-electron chi connectivity index (χ0n) is 14.3. The summed E-state index contributed by atoms with van der Waals surface area (Å²) >= 11 is 7.83. The summed E-state index contributed by atoms with van der Waals surface area (Å²) in [5.41, 5.74) is 2.22. The molecule has 0 bridgehead atoms. The van der Waals surface area contributed by atoms with E-state index in [9.17, 15) is 9.90 Å². The van der Waals surface area contributed by atoms with Gasteiger partial charge in [0, 0.05) is 6.42 Å². The van der Waals surface area contributed by atoms with Crippen molar-refractivity contribution in [2.24, 2.45) is 0 Å². The van der Waals surface area contributed by atoms with Gasteiger partial charge in [-0.3, -0.25) is 4.79 Å². The first-order chi connectivity index (χ1) is 13.1. The summed E-state index contributed by atoms with van der Waals surface area (Å²) in [6.07, 6.45) is 2.45. The number of para-hydroxylation sites is 1. The van der Waals surface area contributed by atoms with Crippen LogP contribution in [0.5, 0.6) is 11.5 Å². The van der Waals surface area contributed by atoms with E-state index in [4.69, 9.17) is 21.1 Å². The fourth-order valence-corrected chi connectivity index (χ4v) is 4.15. The molecule has 0 amide bonds. The zero-order chi connectivity index (χ0) is 18.8. The summed E-state index contributed by atoms with van der Waals surface area (Å²) in [5, 5.41) is 10.5. The van der Waals surface area contributed by atoms with Crippen molar-refractivity contribution < 1.29 is 19.4 Å². The lowest BCUT2D eigenvalue weighted by Gasteiger charge is -2.10. The van der Waals surface area contributed by atoms with Crippen molar-refractivity contribution in [1.82, 2.24) is 4.98 Å². The second-order valence-electron chi connectivity index (χ2n) is 6.11. The van der Waals surface area contributed by atoms with Gasteiger partial charge in [-0.2, -0.15) is 0 Å². The molecule has 0 spiro atoms. The average Bonchev–Trinajstić information content (AvgIpc) is 2.92. The number of rotatable bonds is 4. The minimum atomic E-state index is -0.916.